The average molecular weight is 333 g/mol. The monoisotopic (exact) mass is 332 g/mol. The van der Waals surface area contributed by atoms with Gasteiger partial charge < -0.3 is 15.4 Å². The van der Waals surface area contributed by atoms with Crippen LogP contribution in [-0.4, -0.2) is 46.0 Å². The maximum Gasteiger partial charge on any atom is 0.273 e. The first-order valence-corrected chi connectivity index (χ1v) is 7.89. The van der Waals surface area contributed by atoms with Crippen LogP contribution in [0.1, 0.15) is 41.9 Å². The van der Waals surface area contributed by atoms with Crippen molar-refractivity contribution in [1.82, 2.24) is 19.4 Å². The molecule has 21 heavy (non-hydrogen) atoms. The number of hydrogen-bond acceptors (Lipinski definition) is 6. The Hall–Kier alpha value is -0.760. The molecule has 1 spiro atoms. The molecule has 2 saturated heterocycles. The molecule has 1 aromatic rings. The Morgan fingerprint density at radius 3 is 2.86 bits per heavy atom. The molecular formula is C13H21ClN4O2S. The topological polar surface area (TPSA) is 76.1 Å². The fraction of sp³-hybridized carbons (Fsp3) is 0.769. The molecule has 0 aromatic carbocycles. The van der Waals surface area contributed by atoms with E-state index in [0.29, 0.717) is 11.4 Å². The lowest BCUT2D eigenvalue weighted by Crippen LogP contribution is -2.60. The van der Waals surface area contributed by atoms with Crippen LogP contribution < -0.4 is 10.6 Å². The number of hydrogen-bond donors (Lipinski definition) is 2. The zero-order valence-electron chi connectivity index (χ0n) is 12.1. The minimum Gasteiger partial charge on any atom is -0.373 e. The largest absolute Gasteiger partial charge is 0.373 e. The molecule has 1 unspecified atom stereocenters. The zero-order chi connectivity index (χ0) is 14.0. The van der Waals surface area contributed by atoms with Crippen molar-refractivity contribution in [3.63, 3.8) is 0 Å². The number of aryl methyl sites for hydroxylation is 1. The molecule has 2 N–H and O–H groups in total. The molecule has 0 saturated carbocycles. The van der Waals surface area contributed by atoms with Gasteiger partial charge in [-0.25, -0.2) is 0 Å². The lowest BCUT2D eigenvalue weighted by atomic mass is 9.80. The molecule has 3 rings (SSSR count). The first kappa shape index (κ1) is 16.6. The zero-order valence-corrected chi connectivity index (χ0v) is 13.7. The van der Waals surface area contributed by atoms with Crippen LogP contribution in [0.2, 0.25) is 0 Å². The van der Waals surface area contributed by atoms with Crippen molar-refractivity contribution in [3.8, 4) is 0 Å². The second-order valence-corrected chi connectivity index (χ2v) is 6.06. The van der Waals surface area contributed by atoms with Gasteiger partial charge in [-0.15, -0.1) is 12.4 Å². The maximum atomic E-state index is 12.3. The summed E-state index contributed by atoms with van der Waals surface area (Å²) >= 11 is 1.08. The van der Waals surface area contributed by atoms with E-state index >= 15 is 0 Å². The van der Waals surface area contributed by atoms with Crippen LogP contribution in [0.5, 0.6) is 0 Å². The Morgan fingerprint density at radius 1 is 1.43 bits per heavy atom. The minimum atomic E-state index is -0.198. The molecule has 1 aromatic heterocycles. The number of nitrogens with one attached hydrogen (secondary N) is 2. The van der Waals surface area contributed by atoms with Crippen LogP contribution in [0.25, 0.3) is 0 Å². The molecule has 2 aliphatic rings. The van der Waals surface area contributed by atoms with Gasteiger partial charge in [-0.2, -0.15) is 8.75 Å². The summed E-state index contributed by atoms with van der Waals surface area (Å²) in [6.45, 7) is 4.51. The van der Waals surface area contributed by atoms with Gasteiger partial charge in [0.25, 0.3) is 5.91 Å². The Morgan fingerprint density at radius 2 is 2.19 bits per heavy atom. The summed E-state index contributed by atoms with van der Waals surface area (Å²) in [4.78, 5) is 12.3. The van der Waals surface area contributed by atoms with E-state index in [1.807, 2.05) is 6.92 Å². The van der Waals surface area contributed by atoms with Crippen molar-refractivity contribution in [2.75, 3.05) is 19.7 Å². The molecule has 0 radical (unpaired) electrons. The minimum absolute atomic E-state index is 0. The van der Waals surface area contributed by atoms with Crippen molar-refractivity contribution >= 4 is 30.0 Å². The highest BCUT2D eigenvalue weighted by atomic mass is 35.5. The number of carbonyl (C=O) groups excluding carboxylic acids is 1. The molecule has 3 heterocycles. The van der Waals surface area contributed by atoms with E-state index in [2.05, 4.69) is 19.4 Å². The van der Waals surface area contributed by atoms with E-state index < -0.39 is 0 Å². The Labute approximate surface area is 134 Å². The smallest absolute Gasteiger partial charge is 0.273 e. The normalized spacial score (nSPS) is 24.3. The van der Waals surface area contributed by atoms with Gasteiger partial charge in [0.05, 0.1) is 29.1 Å². The predicted octanol–water partition coefficient (Wildman–Crippen LogP) is 1.30. The fourth-order valence-electron chi connectivity index (χ4n) is 3.14. The summed E-state index contributed by atoms with van der Waals surface area (Å²) in [7, 11) is 0. The first-order chi connectivity index (χ1) is 9.71. The van der Waals surface area contributed by atoms with Crippen molar-refractivity contribution < 1.29 is 9.53 Å². The van der Waals surface area contributed by atoms with Gasteiger partial charge in [-0.3, -0.25) is 4.79 Å². The fourth-order valence-corrected chi connectivity index (χ4v) is 3.68. The van der Waals surface area contributed by atoms with Crippen LogP contribution in [0.15, 0.2) is 0 Å². The number of halogens is 1. The number of amides is 1. The highest BCUT2D eigenvalue weighted by Gasteiger charge is 2.43. The van der Waals surface area contributed by atoms with Gasteiger partial charge in [-0.05, 0) is 45.7 Å². The standard InChI is InChI=1S/C13H20N4O2S.ClH/c1-9-11(17-20-16-9)12(18)15-10-3-2-8-19-13(10)4-6-14-7-5-13;/h10,14H,2-8H2,1H3,(H,15,18);1H. The number of nitrogens with zero attached hydrogens (tertiary/aromatic N) is 2. The summed E-state index contributed by atoms with van der Waals surface area (Å²) in [5.74, 6) is -0.121. The molecule has 8 heteroatoms. The second-order valence-electron chi connectivity index (χ2n) is 5.53. The van der Waals surface area contributed by atoms with Crippen molar-refractivity contribution in [2.24, 2.45) is 0 Å². The molecule has 6 nitrogen and oxygen atoms in total. The number of rotatable bonds is 2. The van der Waals surface area contributed by atoms with Gasteiger partial charge in [0.1, 0.15) is 0 Å². The number of carbonyl (C=O) groups is 1. The van der Waals surface area contributed by atoms with E-state index in [0.717, 1.165) is 57.1 Å². The number of ether oxygens (including phenoxy) is 1. The lowest BCUT2D eigenvalue weighted by Gasteiger charge is -2.46. The molecule has 0 bridgehead atoms. The SMILES string of the molecule is Cc1nsnc1C(=O)NC1CCCOC12CCNCC2.Cl. The Balaban J connectivity index is 0.00000161. The lowest BCUT2D eigenvalue weighted by molar-refractivity contribution is -0.114. The summed E-state index contributed by atoms with van der Waals surface area (Å²) in [6.07, 6.45) is 3.87. The van der Waals surface area contributed by atoms with E-state index in [-0.39, 0.29) is 30.0 Å². The number of piperidine rings is 1. The van der Waals surface area contributed by atoms with Gasteiger partial charge in [0, 0.05) is 6.61 Å². The van der Waals surface area contributed by atoms with Crippen molar-refractivity contribution in [3.05, 3.63) is 11.4 Å². The Kier molecular flexibility index (Phi) is 5.54. The van der Waals surface area contributed by atoms with E-state index in [1.165, 1.54) is 0 Å². The molecule has 118 valence electrons. The van der Waals surface area contributed by atoms with Gasteiger partial charge >= 0.3 is 0 Å². The van der Waals surface area contributed by atoms with Gasteiger partial charge in [-0.1, -0.05) is 0 Å². The summed E-state index contributed by atoms with van der Waals surface area (Å²) in [5.41, 5.74) is 0.949. The summed E-state index contributed by atoms with van der Waals surface area (Å²) in [6, 6.07) is 0.0759. The first-order valence-electron chi connectivity index (χ1n) is 7.16. The Bertz CT molecular complexity index is 482. The van der Waals surface area contributed by atoms with Crippen LogP contribution in [-0.2, 0) is 4.74 Å². The van der Waals surface area contributed by atoms with E-state index in [4.69, 9.17) is 4.74 Å². The third-order valence-corrected chi connectivity index (χ3v) is 4.90. The molecule has 0 aliphatic carbocycles. The third-order valence-electron chi connectivity index (χ3n) is 4.28. The van der Waals surface area contributed by atoms with Gasteiger partial charge in [0.15, 0.2) is 5.69 Å². The van der Waals surface area contributed by atoms with Gasteiger partial charge in [0.2, 0.25) is 0 Å². The number of aromatic nitrogens is 2. The maximum absolute atomic E-state index is 12.3. The highest BCUT2D eigenvalue weighted by Crippen LogP contribution is 2.33. The quantitative estimate of drug-likeness (QED) is 0.853. The van der Waals surface area contributed by atoms with Crippen LogP contribution >= 0.6 is 24.1 Å². The average Bonchev–Trinajstić information content (AvgIpc) is 2.89. The molecule has 1 atom stereocenters. The van der Waals surface area contributed by atoms with Crippen LogP contribution in [0.3, 0.4) is 0 Å². The summed E-state index contributed by atoms with van der Waals surface area (Å²) in [5, 5.41) is 6.49. The molecule has 2 fully saturated rings. The van der Waals surface area contributed by atoms with Crippen LogP contribution in [0.4, 0.5) is 0 Å². The molecule has 2 aliphatic heterocycles. The molecule has 1 amide bonds. The third kappa shape index (κ3) is 3.36. The van der Waals surface area contributed by atoms with E-state index in [1.54, 1.807) is 0 Å². The van der Waals surface area contributed by atoms with E-state index in [9.17, 15) is 4.79 Å². The highest BCUT2D eigenvalue weighted by molar-refractivity contribution is 6.99. The van der Waals surface area contributed by atoms with Crippen molar-refractivity contribution in [2.45, 2.75) is 44.2 Å². The van der Waals surface area contributed by atoms with Crippen molar-refractivity contribution in [1.29, 1.82) is 0 Å². The second kappa shape index (κ2) is 7.00. The molecular weight excluding hydrogens is 312 g/mol. The van der Waals surface area contributed by atoms with Crippen LogP contribution in [0, 0.1) is 6.92 Å². The summed E-state index contributed by atoms with van der Waals surface area (Å²) < 4.78 is 14.2. The predicted molar refractivity (Wildman–Crippen MR) is 83.2 cm³/mol.